The third-order valence-electron chi connectivity index (χ3n) is 5.02. The zero-order chi connectivity index (χ0) is 40.1. The second-order valence-electron chi connectivity index (χ2n) is 9.16. The lowest BCUT2D eigenvalue weighted by molar-refractivity contribution is -0.349. The summed E-state index contributed by atoms with van der Waals surface area (Å²) >= 11 is 0. The van der Waals surface area contributed by atoms with Crippen molar-refractivity contribution in [3.63, 3.8) is 0 Å². The van der Waals surface area contributed by atoms with Crippen LogP contribution in [0.3, 0.4) is 0 Å². The van der Waals surface area contributed by atoms with Gasteiger partial charge in [0.05, 0.1) is 6.61 Å². The summed E-state index contributed by atoms with van der Waals surface area (Å²) in [6.45, 7) is -3.00. The van der Waals surface area contributed by atoms with Gasteiger partial charge in [0, 0.05) is 0 Å². The standard InChI is InChI=1S/C16H13F21O9S3/c1-6(45-48(40,41)4-9(19,20)12(25,26)15(32,33)34)7(46-49(42,43)5-10(21,22)13(27,28)16(35,36)37)2-44-47(38,39)3-8(17,18)11(23,24)14(29,30)31/h6-7H,2-5H2,1H3. The van der Waals surface area contributed by atoms with Crippen molar-refractivity contribution in [3.05, 3.63) is 0 Å². The van der Waals surface area contributed by atoms with Crippen LogP contribution in [0.5, 0.6) is 0 Å². The third kappa shape index (κ3) is 11.1. The second kappa shape index (κ2) is 13.7. The molecule has 33 heteroatoms. The highest BCUT2D eigenvalue weighted by Crippen LogP contribution is 2.49. The molecule has 0 aromatic rings. The molecule has 0 saturated carbocycles. The van der Waals surface area contributed by atoms with Gasteiger partial charge in [-0.2, -0.15) is 117 Å². The minimum absolute atomic E-state index is 0.220. The molecule has 2 atom stereocenters. The van der Waals surface area contributed by atoms with Gasteiger partial charge in [-0.1, -0.05) is 0 Å². The molecule has 0 bridgehead atoms. The molecule has 0 rings (SSSR count). The number of alkyl halides is 21. The largest absolute Gasteiger partial charge is 0.459 e. The van der Waals surface area contributed by atoms with Crippen LogP contribution in [0.2, 0.25) is 0 Å². The molecule has 296 valence electrons. The number of halogens is 21. The molecule has 2 unspecified atom stereocenters. The van der Waals surface area contributed by atoms with E-state index in [1.807, 2.05) is 0 Å². The Balaban J connectivity index is 6.69. The molecule has 49 heavy (non-hydrogen) atoms. The van der Waals surface area contributed by atoms with Gasteiger partial charge in [-0.15, -0.1) is 0 Å². The lowest BCUT2D eigenvalue weighted by atomic mass is 10.2. The van der Waals surface area contributed by atoms with Crippen molar-refractivity contribution in [1.29, 1.82) is 0 Å². The Kier molecular flexibility index (Phi) is 13.2. The van der Waals surface area contributed by atoms with E-state index in [0.717, 1.165) is 0 Å². The first-order valence-corrected chi connectivity index (χ1v) is 15.7. The average Bonchev–Trinajstić information content (AvgIpc) is 2.76. The van der Waals surface area contributed by atoms with Crippen molar-refractivity contribution in [3.8, 4) is 0 Å². The molecular formula is C16H13F21O9S3. The summed E-state index contributed by atoms with van der Waals surface area (Å²) in [6.07, 6.45) is -28.9. The lowest BCUT2D eigenvalue weighted by Gasteiger charge is -2.30. The highest BCUT2D eigenvalue weighted by Gasteiger charge is 2.76. The first-order chi connectivity index (χ1) is 20.8. The van der Waals surface area contributed by atoms with Crippen molar-refractivity contribution in [1.82, 2.24) is 0 Å². The number of hydrogen-bond donors (Lipinski definition) is 0. The molecule has 0 amide bonds. The predicted octanol–water partition coefficient (Wildman–Crippen LogP) is 5.28. The van der Waals surface area contributed by atoms with Crippen LogP contribution < -0.4 is 0 Å². The zero-order valence-electron chi connectivity index (χ0n) is 22.3. The van der Waals surface area contributed by atoms with Gasteiger partial charge in [-0.3, -0.25) is 12.5 Å². The smallest absolute Gasteiger partial charge is 0.267 e. The monoisotopic (exact) mass is 844 g/mol. The normalized spacial score (nSPS) is 17.3. The molecule has 0 saturated heterocycles. The summed E-state index contributed by atoms with van der Waals surface area (Å²) in [5, 5.41) is 0. The number of hydrogen-bond acceptors (Lipinski definition) is 9. The fourth-order valence-corrected chi connectivity index (χ4v) is 6.18. The molecule has 0 fully saturated rings. The van der Waals surface area contributed by atoms with E-state index in [1.165, 1.54) is 0 Å². The van der Waals surface area contributed by atoms with Crippen molar-refractivity contribution >= 4 is 30.4 Å². The van der Waals surface area contributed by atoms with Crippen molar-refractivity contribution in [2.24, 2.45) is 0 Å². The fraction of sp³-hybridized carbons (Fsp3) is 1.00. The van der Waals surface area contributed by atoms with Gasteiger partial charge in [-0.05, 0) is 6.92 Å². The lowest BCUT2D eigenvalue weighted by Crippen LogP contribution is -2.56. The van der Waals surface area contributed by atoms with Crippen LogP contribution in [0.1, 0.15) is 6.92 Å². The molecular weight excluding hydrogens is 831 g/mol. The Hall–Kier alpha value is -1.74. The molecule has 0 N–H and O–H groups in total. The van der Waals surface area contributed by atoms with Crippen molar-refractivity contribution in [2.45, 2.75) is 73.2 Å². The van der Waals surface area contributed by atoms with Crippen LogP contribution in [0, 0.1) is 0 Å². The summed E-state index contributed by atoms with van der Waals surface area (Å²) in [6, 6.07) is 0. The summed E-state index contributed by atoms with van der Waals surface area (Å²) in [7, 11) is -20.4. The Morgan fingerprint density at radius 3 is 0.939 bits per heavy atom. The van der Waals surface area contributed by atoms with Crippen LogP contribution in [0.15, 0.2) is 0 Å². The Labute approximate surface area is 258 Å². The van der Waals surface area contributed by atoms with E-state index in [-0.39, 0.29) is 6.92 Å². The highest BCUT2D eigenvalue weighted by molar-refractivity contribution is 7.87. The van der Waals surface area contributed by atoms with E-state index in [1.54, 1.807) is 0 Å². The topological polar surface area (TPSA) is 130 Å². The van der Waals surface area contributed by atoms with Crippen LogP contribution in [0.25, 0.3) is 0 Å². The molecule has 0 aliphatic carbocycles. The molecule has 0 heterocycles. The molecule has 0 radical (unpaired) electrons. The maximum Gasteiger partial charge on any atom is 0.459 e. The maximum absolute atomic E-state index is 13.6. The highest BCUT2D eigenvalue weighted by atomic mass is 32.2. The number of rotatable bonds is 17. The summed E-state index contributed by atoms with van der Waals surface area (Å²) in [5.74, 6) is -53.5. The van der Waals surface area contributed by atoms with E-state index in [4.69, 9.17) is 0 Å². The van der Waals surface area contributed by atoms with Crippen molar-refractivity contribution in [2.75, 3.05) is 23.9 Å². The summed E-state index contributed by atoms with van der Waals surface area (Å²) < 4.78 is 351. The molecule has 0 aliphatic rings. The molecule has 0 aromatic carbocycles. The van der Waals surface area contributed by atoms with E-state index in [0.29, 0.717) is 0 Å². The second-order valence-corrected chi connectivity index (χ2v) is 14.0. The van der Waals surface area contributed by atoms with E-state index in [2.05, 4.69) is 12.5 Å². The SMILES string of the molecule is CC(OS(=O)(=O)CC(F)(F)C(F)(F)C(F)(F)F)C(COS(=O)(=O)CC(F)(F)C(F)(F)C(F)(F)F)OS(=O)(=O)CC(F)(F)C(F)(F)C(F)(F)F. The van der Waals surface area contributed by atoms with Crippen LogP contribution >= 0.6 is 0 Å². The first kappa shape index (κ1) is 47.3. The van der Waals surface area contributed by atoms with E-state index in [9.17, 15) is 117 Å². The van der Waals surface area contributed by atoms with Crippen LogP contribution in [0.4, 0.5) is 92.2 Å². The maximum atomic E-state index is 13.6. The molecule has 0 spiro atoms. The molecule has 9 nitrogen and oxygen atoms in total. The Bertz CT molecular complexity index is 1480. The van der Waals surface area contributed by atoms with Gasteiger partial charge in [0.25, 0.3) is 30.4 Å². The third-order valence-corrected chi connectivity index (χ3v) is 8.81. The van der Waals surface area contributed by atoms with Gasteiger partial charge in [0.1, 0.15) is 29.5 Å². The van der Waals surface area contributed by atoms with Gasteiger partial charge >= 0.3 is 54.1 Å². The van der Waals surface area contributed by atoms with Crippen LogP contribution in [-0.4, -0.2) is 115 Å². The fourth-order valence-electron chi connectivity index (χ4n) is 2.56. The minimum atomic E-state index is -7.30. The van der Waals surface area contributed by atoms with E-state index < -0.39 is 120 Å². The quantitative estimate of drug-likeness (QED) is 0.142. The summed E-state index contributed by atoms with van der Waals surface area (Å²) in [5.41, 5.74) is 0. The first-order valence-electron chi connectivity index (χ1n) is 11.0. The molecule has 0 aromatic heterocycles. The van der Waals surface area contributed by atoms with Gasteiger partial charge in [-0.25, -0.2) is 0 Å². The zero-order valence-corrected chi connectivity index (χ0v) is 24.8. The molecule has 0 aliphatic heterocycles. The van der Waals surface area contributed by atoms with Gasteiger partial charge in [0.2, 0.25) is 0 Å². The van der Waals surface area contributed by atoms with Crippen molar-refractivity contribution < 1.29 is 130 Å². The summed E-state index contributed by atoms with van der Waals surface area (Å²) in [4.78, 5) is 0. The van der Waals surface area contributed by atoms with Gasteiger partial charge < -0.3 is 0 Å². The average molecular weight is 844 g/mol. The van der Waals surface area contributed by atoms with Crippen LogP contribution in [-0.2, 0) is 42.9 Å². The Morgan fingerprint density at radius 2 is 0.673 bits per heavy atom. The van der Waals surface area contributed by atoms with Gasteiger partial charge in [0.15, 0.2) is 0 Å². The van der Waals surface area contributed by atoms with E-state index >= 15 is 0 Å². The minimum Gasteiger partial charge on any atom is -0.267 e. The predicted molar refractivity (Wildman–Crippen MR) is 111 cm³/mol. The Morgan fingerprint density at radius 1 is 0.429 bits per heavy atom.